The minimum absolute atomic E-state index is 0.0367. The molecule has 1 atom stereocenters. The number of rotatable bonds is 7. The van der Waals surface area contributed by atoms with Gasteiger partial charge >= 0.3 is 0 Å². The molecule has 1 saturated heterocycles. The van der Waals surface area contributed by atoms with Crippen molar-refractivity contribution in [2.24, 2.45) is 5.92 Å². The fourth-order valence-corrected chi connectivity index (χ4v) is 3.63. The number of nitrogens with one attached hydrogen (secondary N) is 1. The lowest BCUT2D eigenvalue weighted by Crippen LogP contribution is -2.34. The van der Waals surface area contributed by atoms with Gasteiger partial charge in [0.1, 0.15) is 5.75 Å². The fraction of sp³-hybridized carbons (Fsp3) is 0.391. The Bertz CT molecular complexity index is 926. The lowest BCUT2D eigenvalue weighted by Gasteiger charge is -2.17. The largest absolute Gasteiger partial charge is 0.484 e. The molecule has 2 aromatic carbocycles. The second-order valence-electron chi connectivity index (χ2n) is 7.93. The Labute approximate surface area is 175 Å². The molecule has 7 nitrogen and oxygen atoms in total. The first-order chi connectivity index (χ1) is 14.5. The maximum atomic E-state index is 12.4. The summed E-state index contributed by atoms with van der Waals surface area (Å²) in [5.41, 5.74) is 2.01. The minimum Gasteiger partial charge on any atom is -0.484 e. The van der Waals surface area contributed by atoms with E-state index < -0.39 is 0 Å². The predicted octanol–water partition coefficient (Wildman–Crippen LogP) is 3.09. The van der Waals surface area contributed by atoms with E-state index in [9.17, 15) is 9.59 Å². The first-order valence-corrected chi connectivity index (χ1v) is 10.2. The summed E-state index contributed by atoms with van der Waals surface area (Å²) in [7, 11) is 0. The number of hydrogen-bond donors (Lipinski definition) is 1. The quantitative estimate of drug-likeness (QED) is 0.759. The van der Waals surface area contributed by atoms with Crippen LogP contribution in [0.2, 0.25) is 0 Å². The van der Waals surface area contributed by atoms with E-state index in [1.807, 2.05) is 42.5 Å². The van der Waals surface area contributed by atoms with E-state index in [2.05, 4.69) is 19.2 Å². The Balaban J connectivity index is 1.24. The zero-order valence-electron chi connectivity index (χ0n) is 17.2. The average Bonchev–Trinajstić information content (AvgIpc) is 3.36. The van der Waals surface area contributed by atoms with Crippen molar-refractivity contribution in [3.63, 3.8) is 0 Å². The van der Waals surface area contributed by atoms with E-state index >= 15 is 0 Å². The lowest BCUT2D eigenvalue weighted by molar-refractivity contribution is -0.123. The molecular formula is C23H26N2O5. The van der Waals surface area contributed by atoms with Crippen molar-refractivity contribution in [3.8, 4) is 17.2 Å². The highest BCUT2D eigenvalue weighted by Crippen LogP contribution is 2.37. The molecule has 4 rings (SSSR count). The smallest absolute Gasteiger partial charge is 0.257 e. The third-order valence-corrected chi connectivity index (χ3v) is 5.38. The Morgan fingerprint density at radius 1 is 1.17 bits per heavy atom. The summed E-state index contributed by atoms with van der Waals surface area (Å²) in [6, 6.07) is 13.2. The molecule has 0 bridgehead atoms. The molecule has 0 radical (unpaired) electrons. The van der Waals surface area contributed by atoms with Crippen molar-refractivity contribution in [1.82, 2.24) is 5.32 Å². The van der Waals surface area contributed by atoms with E-state index in [4.69, 9.17) is 14.2 Å². The van der Waals surface area contributed by atoms with E-state index in [1.54, 1.807) is 4.90 Å². The van der Waals surface area contributed by atoms with Crippen LogP contribution in [-0.2, 0) is 9.59 Å². The molecule has 1 fully saturated rings. The second kappa shape index (κ2) is 8.65. The highest BCUT2D eigenvalue weighted by molar-refractivity contribution is 5.96. The van der Waals surface area contributed by atoms with E-state index in [-0.39, 0.29) is 31.1 Å². The van der Waals surface area contributed by atoms with Crippen molar-refractivity contribution < 1.29 is 23.8 Å². The van der Waals surface area contributed by atoms with Gasteiger partial charge < -0.3 is 24.4 Å². The SMILES string of the molecule is CC(C)c1ccc(OCC(=O)NC[C@H]2CC(=O)N(c3ccc4c(c3)OCO4)C2)cc1. The molecule has 7 heteroatoms. The van der Waals surface area contributed by atoms with Gasteiger partial charge in [0, 0.05) is 37.2 Å². The minimum atomic E-state index is -0.197. The van der Waals surface area contributed by atoms with Crippen LogP contribution in [0.5, 0.6) is 17.2 Å². The van der Waals surface area contributed by atoms with Crippen molar-refractivity contribution >= 4 is 17.5 Å². The molecule has 2 heterocycles. The van der Waals surface area contributed by atoms with Crippen LogP contribution >= 0.6 is 0 Å². The zero-order valence-corrected chi connectivity index (χ0v) is 17.2. The Hall–Kier alpha value is -3.22. The third kappa shape index (κ3) is 4.50. The number of amides is 2. The number of hydrogen-bond acceptors (Lipinski definition) is 5. The van der Waals surface area contributed by atoms with E-state index in [0.717, 1.165) is 5.69 Å². The van der Waals surface area contributed by atoms with Gasteiger partial charge in [0.05, 0.1) is 0 Å². The molecule has 0 aliphatic carbocycles. The van der Waals surface area contributed by atoms with Crippen molar-refractivity contribution in [2.45, 2.75) is 26.2 Å². The monoisotopic (exact) mass is 410 g/mol. The predicted molar refractivity (Wildman–Crippen MR) is 112 cm³/mol. The number of carbonyl (C=O) groups excluding carboxylic acids is 2. The van der Waals surface area contributed by atoms with Gasteiger partial charge in [-0.3, -0.25) is 9.59 Å². The van der Waals surface area contributed by atoms with Crippen molar-refractivity contribution in [1.29, 1.82) is 0 Å². The van der Waals surface area contributed by atoms with Crippen LogP contribution < -0.4 is 24.4 Å². The van der Waals surface area contributed by atoms with E-state index in [0.29, 0.717) is 42.7 Å². The highest BCUT2D eigenvalue weighted by Gasteiger charge is 2.31. The molecule has 2 aromatic rings. The summed E-state index contributed by atoms with van der Waals surface area (Å²) in [5, 5.41) is 2.87. The van der Waals surface area contributed by atoms with Crippen LogP contribution in [0.15, 0.2) is 42.5 Å². The second-order valence-corrected chi connectivity index (χ2v) is 7.93. The van der Waals surface area contributed by atoms with Crippen LogP contribution in [-0.4, -0.2) is 38.3 Å². The molecule has 30 heavy (non-hydrogen) atoms. The van der Waals surface area contributed by atoms with Gasteiger partial charge in [0.2, 0.25) is 12.7 Å². The Morgan fingerprint density at radius 3 is 2.70 bits per heavy atom. The van der Waals surface area contributed by atoms with Gasteiger partial charge in [0.15, 0.2) is 18.1 Å². The van der Waals surface area contributed by atoms with Crippen molar-refractivity contribution in [2.75, 3.05) is 31.4 Å². The van der Waals surface area contributed by atoms with Gasteiger partial charge in [-0.2, -0.15) is 0 Å². The molecule has 2 amide bonds. The van der Waals surface area contributed by atoms with Crippen molar-refractivity contribution in [3.05, 3.63) is 48.0 Å². The standard InChI is InChI=1S/C23H26N2O5/c1-15(2)17-3-6-19(7-4-17)28-13-22(26)24-11-16-9-23(27)25(12-16)18-5-8-20-21(10-18)30-14-29-20/h3-8,10,15-16H,9,11-14H2,1-2H3,(H,24,26)/t16-/m1/s1. The van der Waals surface area contributed by atoms with Gasteiger partial charge in [-0.15, -0.1) is 0 Å². The van der Waals surface area contributed by atoms with Crippen LogP contribution in [0.25, 0.3) is 0 Å². The molecule has 0 spiro atoms. The zero-order chi connectivity index (χ0) is 21.1. The fourth-order valence-electron chi connectivity index (χ4n) is 3.63. The molecule has 0 saturated carbocycles. The lowest BCUT2D eigenvalue weighted by atomic mass is 10.0. The van der Waals surface area contributed by atoms with Gasteiger partial charge in [0.25, 0.3) is 5.91 Å². The van der Waals surface area contributed by atoms with Gasteiger partial charge in [-0.05, 0) is 35.7 Å². The van der Waals surface area contributed by atoms with Crippen LogP contribution in [0.4, 0.5) is 5.69 Å². The van der Waals surface area contributed by atoms with Crippen LogP contribution in [0.3, 0.4) is 0 Å². The molecule has 0 aromatic heterocycles. The normalized spacial score (nSPS) is 17.5. The van der Waals surface area contributed by atoms with E-state index in [1.165, 1.54) is 5.56 Å². The Kier molecular flexibility index (Phi) is 5.79. The summed E-state index contributed by atoms with van der Waals surface area (Å²) in [5.74, 6) is 2.35. The maximum absolute atomic E-state index is 12.4. The molecule has 0 unspecified atom stereocenters. The number of fused-ring (bicyclic) bond motifs is 1. The average molecular weight is 410 g/mol. The number of benzene rings is 2. The number of ether oxygens (including phenoxy) is 3. The first kappa shape index (κ1) is 20.1. The number of nitrogens with zero attached hydrogens (tertiary/aromatic N) is 1. The maximum Gasteiger partial charge on any atom is 0.257 e. The van der Waals surface area contributed by atoms with Gasteiger partial charge in [-0.25, -0.2) is 0 Å². The van der Waals surface area contributed by atoms with Gasteiger partial charge in [-0.1, -0.05) is 26.0 Å². The molecular weight excluding hydrogens is 384 g/mol. The van der Waals surface area contributed by atoms with Crippen LogP contribution in [0, 0.1) is 5.92 Å². The molecule has 1 N–H and O–H groups in total. The molecule has 2 aliphatic rings. The van der Waals surface area contributed by atoms with Crippen LogP contribution in [0.1, 0.15) is 31.7 Å². The highest BCUT2D eigenvalue weighted by atomic mass is 16.7. The third-order valence-electron chi connectivity index (χ3n) is 5.38. The number of anilines is 1. The topological polar surface area (TPSA) is 77.1 Å². The molecule has 2 aliphatic heterocycles. The first-order valence-electron chi connectivity index (χ1n) is 10.2. The summed E-state index contributed by atoms with van der Waals surface area (Å²) in [4.78, 5) is 26.3. The summed E-state index contributed by atoms with van der Waals surface area (Å²) < 4.78 is 16.3. The molecule has 158 valence electrons. The summed E-state index contributed by atoms with van der Waals surface area (Å²) in [6.45, 7) is 5.39. The summed E-state index contributed by atoms with van der Waals surface area (Å²) >= 11 is 0. The Morgan fingerprint density at radius 2 is 1.93 bits per heavy atom. The number of carbonyl (C=O) groups is 2. The summed E-state index contributed by atoms with van der Waals surface area (Å²) in [6.07, 6.45) is 0.395.